The maximum absolute atomic E-state index is 12.8. The van der Waals surface area contributed by atoms with E-state index in [2.05, 4.69) is 172 Å². The number of esters is 2. The van der Waals surface area contributed by atoms with E-state index in [4.69, 9.17) is 18.5 Å². The minimum Gasteiger partial charge on any atom is -0.756 e. The standard InChI is InChI=1S/C66H106NO8P/c1-6-8-10-12-14-16-18-20-22-24-26-28-30-31-32-33-34-35-37-39-41-43-45-47-49-51-53-55-57-59-66(69)75-64(63-74-76(70,71)73-61-60-67(3,4)5)62-72-65(68)58-56-54-52-50-48-46-44-42-40-38-36-29-27-25-23-21-19-17-15-13-11-9-7-2/h8-11,14-17,20-23,26-29,31-32,34-35,38-41,45,47,64H,6-7,12-13,18-19,24-25,30,33,36-37,42-44,46,48-63H2,1-5H3/b10-8-,11-9-,16-14-,17-15-,22-20-,23-21-,28-26-,29-27-,32-31-,35-34-,40-38-,41-39-,47-45-. The molecule has 0 saturated carbocycles. The summed E-state index contributed by atoms with van der Waals surface area (Å²) >= 11 is 0. The molecule has 0 aromatic rings. The zero-order valence-electron chi connectivity index (χ0n) is 48.4. The summed E-state index contributed by atoms with van der Waals surface area (Å²) in [5.74, 6) is -0.890. The van der Waals surface area contributed by atoms with Crippen LogP contribution in [0.2, 0.25) is 0 Å². The molecule has 2 atom stereocenters. The summed E-state index contributed by atoms with van der Waals surface area (Å²) in [4.78, 5) is 37.9. The number of hydrogen-bond donors (Lipinski definition) is 0. The predicted octanol–water partition coefficient (Wildman–Crippen LogP) is 17.8. The highest BCUT2D eigenvalue weighted by Crippen LogP contribution is 2.38. The van der Waals surface area contributed by atoms with E-state index in [0.717, 1.165) is 135 Å². The smallest absolute Gasteiger partial charge is 0.306 e. The Balaban J connectivity index is 4.32. The lowest BCUT2D eigenvalue weighted by atomic mass is 10.1. The lowest BCUT2D eigenvalue weighted by Gasteiger charge is -2.28. The molecule has 0 aliphatic rings. The van der Waals surface area contributed by atoms with Gasteiger partial charge in [-0.3, -0.25) is 14.2 Å². The van der Waals surface area contributed by atoms with Gasteiger partial charge in [0.25, 0.3) is 7.82 Å². The van der Waals surface area contributed by atoms with Gasteiger partial charge in [0.15, 0.2) is 6.10 Å². The second-order valence-electron chi connectivity index (χ2n) is 19.9. The van der Waals surface area contributed by atoms with Gasteiger partial charge in [0, 0.05) is 12.8 Å². The highest BCUT2D eigenvalue weighted by atomic mass is 31.2. The average molecular weight is 1070 g/mol. The largest absolute Gasteiger partial charge is 0.756 e. The van der Waals surface area contributed by atoms with Crippen molar-refractivity contribution in [3.8, 4) is 0 Å². The van der Waals surface area contributed by atoms with Crippen LogP contribution in [-0.4, -0.2) is 70.0 Å². The van der Waals surface area contributed by atoms with Crippen LogP contribution < -0.4 is 4.89 Å². The van der Waals surface area contributed by atoms with E-state index in [1.54, 1.807) is 0 Å². The highest BCUT2D eigenvalue weighted by molar-refractivity contribution is 7.45. The van der Waals surface area contributed by atoms with Crippen LogP contribution in [0, 0.1) is 0 Å². The van der Waals surface area contributed by atoms with Gasteiger partial charge in [0.2, 0.25) is 0 Å². The maximum Gasteiger partial charge on any atom is 0.306 e. The molecule has 9 nitrogen and oxygen atoms in total. The molecule has 0 aromatic carbocycles. The minimum absolute atomic E-state index is 0.0482. The number of quaternary nitrogens is 1. The van der Waals surface area contributed by atoms with Crippen molar-refractivity contribution in [3.05, 3.63) is 158 Å². The molecule has 0 aromatic heterocycles. The van der Waals surface area contributed by atoms with Crippen molar-refractivity contribution in [3.63, 3.8) is 0 Å². The zero-order chi connectivity index (χ0) is 55.6. The third kappa shape index (κ3) is 58.9. The van der Waals surface area contributed by atoms with Crippen LogP contribution in [0.1, 0.15) is 194 Å². The normalized spacial score (nSPS) is 14.4. The molecule has 0 saturated heterocycles. The van der Waals surface area contributed by atoms with Crippen molar-refractivity contribution >= 4 is 19.8 Å². The predicted molar refractivity (Wildman–Crippen MR) is 323 cm³/mol. The third-order valence-electron chi connectivity index (χ3n) is 11.5. The van der Waals surface area contributed by atoms with Crippen LogP contribution in [0.5, 0.6) is 0 Å². The average Bonchev–Trinajstić information content (AvgIpc) is 3.38. The Bertz CT molecular complexity index is 1840. The van der Waals surface area contributed by atoms with Crippen LogP contribution in [-0.2, 0) is 32.7 Å². The summed E-state index contributed by atoms with van der Waals surface area (Å²) in [7, 11) is 1.11. The fraction of sp³-hybridized carbons (Fsp3) is 0.576. The first-order chi connectivity index (χ1) is 37.0. The Morgan fingerprint density at radius 3 is 1.05 bits per heavy atom. The summed E-state index contributed by atoms with van der Waals surface area (Å²) in [6.45, 7) is 3.94. The number of carbonyl (C=O) groups excluding carboxylic acids is 2. The van der Waals surface area contributed by atoms with Gasteiger partial charge in [-0.05, 0) is 122 Å². The highest BCUT2D eigenvalue weighted by Gasteiger charge is 2.21. The number of hydrogen-bond acceptors (Lipinski definition) is 8. The molecule has 2 unspecified atom stereocenters. The van der Waals surface area contributed by atoms with Crippen molar-refractivity contribution in [1.82, 2.24) is 0 Å². The fourth-order valence-electron chi connectivity index (χ4n) is 7.11. The second kappa shape index (κ2) is 55.4. The van der Waals surface area contributed by atoms with E-state index in [0.29, 0.717) is 23.9 Å². The number of rotatable bonds is 51. The fourth-order valence-corrected chi connectivity index (χ4v) is 7.84. The van der Waals surface area contributed by atoms with Crippen molar-refractivity contribution < 1.29 is 42.1 Å². The van der Waals surface area contributed by atoms with Crippen molar-refractivity contribution in [2.45, 2.75) is 200 Å². The Kier molecular flexibility index (Phi) is 52.2. The second-order valence-corrected chi connectivity index (χ2v) is 21.3. The minimum atomic E-state index is -4.66. The molecule has 0 fully saturated rings. The number of carbonyl (C=O) groups is 2. The first kappa shape index (κ1) is 71.6. The first-order valence-corrected chi connectivity index (χ1v) is 30.7. The van der Waals surface area contributed by atoms with Crippen LogP contribution in [0.25, 0.3) is 0 Å². The van der Waals surface area contributed by atoms with Gasteiger partial charge < -0.3 is 27.9 Å². The maximum atomic E-state index is 12.8. The van der Waals surface area contributed by atoms with Crippen LogP contribution >= 0.6 is 7.82 Å². The van der Waals surface area contributed by atoms with Gasteiger partial charge in [0.1, 0.15) is 19.8 Å². The van der Waals surface area contributed by atoms with Crippen LogP contribution in [0.15, 0.2) is 158 Å². The molecular weight excluding hydrogens is 966 g/mol. The van der Waals surface area contributed by atoms with Gasteiger partial charge in [-0.15, -0.1) is 0 Å². The molecule has 428 valence electrons. The molecule has 0 bridgehead atoms. The van der Waals surface area contributed by atoms with Gasteiger partial charge in [-0.1, -0.05) is 217 Å². The van der Waals surface area contributed by atoms with Crippen molar-refractivity contribution in [1.29, 1.82) is 0 Å². The van der Waals surface area contributed by atoms with E-state index in [1.807, 2.05) is 21.1 Å². The molecule has 10 heteroatoms. The Hall–Kier alpha value is -4.37. The van der Waals surface area contributed by atoms with Gasteiger partial charge >= 0.3 is 11.9 Å². The number of phosphoric acid groups is 1. The molecule has 0 N–H and O–H groups in total. The van der Waals surface area contributed by atoms with Crippen molar-refractivity contribution in [2.24, 2.45) is 0 Å². The summed E-state index contributed by atoms with van der Waals surface area (Å²) in [6, 6.07) is 0. The van der Waals surface area contributed by atoms with E-state index < -0.39 is 32.5 Å². The molecule has 0 rings (SSSR count). The Labute approximate surface area is 465 Å². The molecule has 0 aliphatic carbocycles. The van der Waals surface area contributed by atoms with Gasteiger partial charge in [-0.25, -0.2) is 0 Å². The number of nitrogens with zero attached hydrogens (tertiary/aromatic N) is 1. The van der Waals surface area contributed by atoms with Crippen LogP contribution in [0.3, 0.4) is 0 Å². The summed E-state index contributed by atoms with van der Waals surface area (Å²) in [5, 5.41) is 0. The monoisotopic (exact) mass is 1070 g/mol. The zero-order valence-corrected chi connectivity index (χ0v) is 49.3. The lowest BCUT2D eigenvalue weighted by Crippen LogP contribution is -2.37. The molecule has 0 amide bonds. The Morgan fingerprint density at radius 1 is 0.408 bits per heavy atom. The molecule has 76 heavy (non-hydrogen) atoms. The third-order valence-corrected chi connectivity index (χ3v) is 12.5. The molecule has 0 heterocycles. The Morgan fingerprint density at radius 2 is 0.711 bits per heavy atom. The van der Waals surface area contributed by atoms with Gasteiger partial charge in [0.05, 0.1) is 27.7 Å². The summed E-state index contributed by atoms with van der Waals surface area (Å²) in [5.41, 5.74) is 0. The lowest BCUT2D eigenvalue weighted by molar-refractivity contribution is -0.870. The van der Waals surface area contributed by atoms with Crippen LogP contribution in [0.4, 0.5) is 0 Å². The topological polar surface area (TPSA) is 111 Å². The number of unbranched alkanes of at least 4 members (excludes halogenated alkanes) is 11. The molecule has 0 spiro atoms. The molecule has 0 aliphatic heterocycles. The SMILES string of the molecule is CC/C=C\C/C=C\C/C=C\C/C=C\C/C=C\C/C=C\C/C=C\C/C=C\CCCCCCC(=O)OC(COC(=O)CCCCCCCCC/C=C\C/C=C\C/C=C\C/C=C\C/C=C\CC)COP(=O)([O-])OCC[N+](C)(C)C. The summed E-state index contributed by atoms with van der Waals surface area (Å²) in [6.07, 6.45) is 82.8. The van der Waals surface area contributed by atoms with E-state index in [1.165, 1.54) is 19.3 Å². The van der Waals surface area contributed by atoms with Gasteiger partial charge in [-0.2, -0.15) is 0 Å². The number of allylic oxidation sites excluding steroid dienone is 26. The quantitative estimate of drug-likeness (QED) is 0.0195. The number of ether oxygens (including phenoxy) is 2. The molecule has 0 radical (unpaired) electrons. The van der Waals surface area contributed by atoms with Crippen molar-refractivity contribution in [2.75, 3.05) is 47.5 Å². The molecular formula is C66H106NO8P. The van der Waals surface area contributed by atoms with E-state index >= 15 is 0 Å². The number of likely N-dealkylation sites (N-methyl/N-ethyl adjacent to an activating group) is 1. The van der Waals surface area contributed by atoms with E-state index in [9.17, 15) is 19.0 Å². The first-order valence-electron chi connectivity index (χ1n) is 29.2. The number of phosphoric ester groups is 1. The summed E-state index contributed by atoms with van der Waals surface area (Å²) < 4.78 is 34.1. The van der Waals surface area contributed by atoms with E-state index in [-0.39, 0.29) is 26.1 Å².